The Morgan fingerprint density at radius 3 is 2.15 bits per heavy atom. The van der Waals surface area contributed by atoms with Crippen LogP contribution < -0.4 is 5.32 Å². The fourth-order valence-corrected chi connectivity index (χ4v) is 2.27. The predicted octanol–water partition coefficient (Wildman–Crippen LogP) is 2.99. The molecule has 1 aromatic carbocycles. The summed E-state index contributed by atoms with van der Waals surface area (Å²) >= 11 is 0. The summed E-state index contributed by atoms with van der Waals surface area (Å²) in [6.07, 6.45) is 0.682. The maximum absolute atomic E-state index is 12.2. The standard InChI is InChI=1S/C17H25NO2/c1-12(11-14-9-7-6-8-10-14)16(20)18-15(13(2)19)17(3,4)5/h6-10,12,15H,11H2,1-5H3,(H,18,20). The normalized spacial score (nSPS) is 14.4. The molecule has 0 radical (unpaired) electrons. The van der Waals surface area contributed by atoms with Crippen LogP contribution in [0, 0.1) is 11.3 Å². The molecule has 1 amide bonds. The lowest BCUT2D eigenvalue weighted by molar-refractivity contribution is -0.131. The van der Waals surface area contributed by atoms with Crippen molar-refractivity contribution in [1.29, 1.82) is 0 Å². The number of hydrogen-bond acceptors (Lipinski definition) is 2. The maximum Gasteiger partial charge on any atom is 0.223 e. The molecule has 3 heteroatoms. The van der Waals surface area contributed by atoms with Gasteiger partial charge in [0.25, 0.3) is 0 Å². The van der Waals surface area contributed by atoms with E-state index in [9.17, 15) is 9.59 Å². The number of carbonyl (C=O) groups is 2. The van der Waals surface area contributed by atoms with Crippen molar-refractivity contribution in [3.05, 3.63) is 35.9 Å². The molecule has 0 aliphatic heterocycles. The van der Waals surface area contributed by atoms with Crippen molar-refractivity contribution in [2.75, 3.05) is 0 Å². The first kappa shape index (κ1) is 16.4. The average Bonchev–Trinajstić information content (AvgIpc) is 2.34. The second-order valence-corrected chi connectivity index (χ2v) is 6.51. The van der Waals surface area contributed by atoms with E-state index in [0.717, 1.165) is 5.56 Å². The molecule has 0 spiro atoms. The summed E-state index contributed by atoms with van der Waals surface area (Å²) in [5.41, 5.74) is 0.860. The highest BCUT2D eigenvalue weighted by molar-refractivity contribution is 5.88. The number of ketones is 1. The molecular weight excluding hydrogens is 250 g/mol. The number of nitrogens with one attached hydrogen (secondary N) is 1. The van der Waals surface area contributed by atoms with Gasteiger partial charge in [0.15, 0.2) is 5.78 Å². The zero-order chi connectivity index (χ0) is 15.3. The molecule has 0 aliphatic carbocycles. The first-order valence-electron chi connectivity index (χ1n) is 7.06. The lowest BCUT2D eigenvalue weighted by Crippen LogP contribution is -2.49. The number of amides is 1. The predicted molar refractivity (Wildman–Crippen MR) is 81.4 cm³/mol. The first-order valence-corrected chi connectivity index (χ1v) is 7.06. The number of benzene rings is 1. The van der Waals surface area contributed by atoms with Crippen LogP contribution in [0.5, 0.6) is 0 Å². The highest BCUT2D eigenvalue weighted by atomic mass is 16.2. The lowest BCUT2D eigenvalue weighted by Gasteiger charge is -2.30. The average molecular weight is 275 g/mol. The Balaban J connectivity index is 2.67. The third-order valence-corrected chi connectivity index (χ3v) is 3.39. The molecule has 1 aromatic rings. The van der Waals surface area contributed by atoms with Crippen LogP contribution in [0.3, 0.4) is 0 Å². The molecule has 110 valence electrons. The summed E-state index contributed by atoms with van der Waals surface area (Å²) in [5, 5.41) is 2.89. The Bertz CT molecular complexity index is 460. The first-order chi connectivity index (χ1) is 9.21. The van der Waals surface area contributed by atoms with E-state index in [1.54, 1.807) is 0 Å². The minimum absolute atomic E-state index is 0.00207. The summed E-state index contributed by atoms with van der Waals surface area (Å²) in [6, 6.07) is 9.47. The zero-order valence-corrected chi connectivity index (χ0v) is 13.1. The zero-order valence-electron chi connectivity index (χ0n) is 13.1. The van der Waals surface area contributed by atoms with E-state index >= 15 is 0 Å². The molecule has 2 unspecified atom stereocenters. The topological polar surface area (TPSA) is 46.2 Å². The molecule has 0 aliphatic rings. The summed E-state index contributed by atoms with van der Waals surface area (Å²) in [6.45, 7) is 9.30. The van der Waals surface area contributed by atoms with E-state index in [1.807, 2.05) is 58.0 Å². The van der Waals surface area contributed by atoms with E-state index in [2.05, 4.69) is 5.32 Å². The SMILES string of the molecule is CC(=O)C(NC(=O)C(C)Cc1ccccc1)C(C)(C)C. The van der Waals surface area contributed by atoms with Crippen molar-refractivity contribution in [2.24, 2.45) is 11.3 Å². The van der Waals surface area contributed by atoms with E-state index in [-0.39, 0.29) is 23.0 Å². The van der Waals surface area contributed by atoms with Crippen LogP contribution in [0.1, 0.15) is 40.2 Å². The van der Waals surface area contributed by atoms with Crippen molar-refractivity contribution in [2.45, 2.75) is 47.1 Å². The van der Waals surface area contributed by atoms with Gasteiger partial charge in [-0.15, -0.1) is 0 Å². The fourth-order valence-electron chi connectivity index (χ4n) is 2.27. The Morgan fingerprint density at radius 1 is 1.15 bits per heavy atom. The highest BCUT2D eigenvalue weighted by Crippen LogP contribution is 2.20. The number of Topliss-reactive ketones (excluding diaryl/α,β-unsaturated/α-hetero) is 1. The van der Waals surface area contributed by atoms with Crippen molar-refractivity contribution >= 4 is 11.7 Å². The van der Waals surface area contributed by atoms with E-state index < -0.39 is 6.04 Å². The molecule has 20 heavy (non-hydrogen) atoms. The molecule has 1 rings (SSSR count). The van der Waals surface area contributed by atoms with Gasteiger partial charge in [0.1, 0.15) is 0 Å². The minimum atomic E-state index is -0.437. The van der Waals surface area contributed by atoms with Crippen LogP contribution in [-0.4, -0.2) is 17.7 Å². The van der Waals surface area contributed by atoms with Crippen molar-refractivity contribution < 1.29 is 9.59 Å². The van der Waals surface area contributed by atoms with Gasteiger partial charge < -0.3 is 5.32 Å². The molecule has 0 fully saturated rings. The van der Waals surface area contributed by atoms with Crippen molar-refractivity contribution in [3.63, 3.8) is 0 Å². The molecular formula is C17H25NO2. The number of rotatable bonds is 5. The fraction of sp³-hybridized carbons (Fsp3) is 0.529. The summed E-state index contributed by atoms with van der Waals surface area (Å²) in [4.78, 5) is 23.9. The van der Waals surface area contributed by atoms with Gasteiger partial charge in [0, 0.05) is 5.92 Å². The van der Waals surface area contributed by atoms with Crippen LogP contribution in [0.4, 0.5) is 0 Å². The van der Waals surface area contributed by atoms with Gasteiger partial charge in [-0.05, 0) is 24.3 Å². The summed E-state index contributed by atoms with van der Waals surface area (Å²) in [7, 11) is 0. The smallest absolute Gasteiger partial charge is 0.223 e. The molecule has 0 saturated carbocycles. The Morgan fingerprint density at radius 2 is 1.70 bits per heavy atom. The minimum Gasteiger partial charge on any atom is -0.346 e. The Labute approximate surface area is 121 Å². The molecule has 0 bridgehead atoms. The third-order valence-electron chi connectivity index (χ3n) is 3.39. The molecule has 0 heterocycles. The van der Waals surface area contributed by atoms with Crippen LogP contribution in [0.2, 0.25) is 0 Å². The second kappa shape index (κ2) is 6.69. The molecule has 0 saturated heterocycles. The van der Waals surface area contributed by atoms with Gasteiger partial charge in [-0.2, -0.15) is 0 Å². The van der Waals surface area contributed by atoms with Crippen molar-refractivity contribution in [3.8, 4) is 0 Å². The van der Waals surface area contributed by atoms with Crippen LogP contribution >= 0.6 is 0 Å². The van der Waals surface area contributed by atoms with E-state index in [0.29, 0.717) is 6.42 Å². The largest absolute Gasteiger partial charge is 0.346 e. The van der Waals surface area contributed by atoms with Crippen LogP contribution in [0.25, 0.3) is 0 Å². The lowest BCUT2D eigenvalue weighted by atomic mass is 9.84. The third kappa shape index (κ3) is 4.80. The maximum atomic E-state index is 12.2. The van der Waals surface area contributed by atoms with Gasteiger partial charge in [0.2, 0.25) is 5.91 Å². The number of hydrogen-bond donors (Lipinski definition) is 1. The van der Waals surface area contributed by atoms with Crippen molar-refractivity contribution in [1.82, 2.24) is 5.32 Å². The quantitative estimate of drug-likeness (QED) is 0.898. The monoisotopic (exact) mass is 275 g/mol. The van der Waals surface area contributed by atoms with E-state index in [1.165, 1.54) is 6.92 Å². The van der Waals surface area contributed by atoms with E-state index in [4.69, 9.17) is 0 Å². The van der Waals surface area contributed by atoms with Gasteiger partial charge in [-0.1, -0.05) is 58.0 Å². The van der Waals surface area contributed by atoms with Crippen LogP contribution in [0.15, 0.2) is 30.3 Å². The Hall–Kier alpha value is -1.64. The van der Waals surface area contributed by atoms with Gasteiger partial charge in [0.05, 0.1) is 6.04 Å². The molecule has 1 N–H and O–H groups in total. The molecule has 3 nitrogen and oxygen atoms in total. The van der Waals surface area contributed by atoms with Gasteiger partial charge >= 0.3 is 0 Å². The second-order valence-electron chi connectivity index (χ2n) is 6.51. The van der Waals surface area contributed by atoms with Gasteiger partial charge in [-0.3, -0.25) is 9.59 Å². The Kier molecular flexibility index (Phi) is 5.49. The highest BCUT2D eigenvalue weighted by Gasteiger charge is 2.31. The molecule has 2 atom stereocenters. The van der Waals surface area contributed by atoms with Gasteiger partial charge in [-0.25, -0.2) is 0 Å². The summed E-state index contributed by atoms with van der Waals surface area (Å²) < 4.78 is 0. The number of carbonyl (C=O) groups excluding carboxylic acids is 2. The van der Waals surface area contributed by atoms with Crippen LogP contribution in [-0.2, 0) is 16.0 Å². The summed E-state index contributed by atoms with van der Waals surface area (Å²) in [5.74, 6) is -0.219. The molecule has 0 aromatic heterocycles.